The number of carbonyl (C=O) groups excluding carboxylic acids is 1. The van der Waals surface area contributed by atoms with Gasteiger partial charge in [-0.1, -0.05) is 32.4 Å². The Morgan fingerprint density at radius 3 is 2.60 bits per heavy atom. The molecule has 5 nitrogen and oxygen atoms in total. The number of halogens is 2. The van der Waals surface area contributed by atoms with Crippen molar-refractivity contribution >= 4 is 29.9 Å². The monoisotopic (exact) mass is 320 g/mol. The van der Waals surface area contributed by atoms with Crippen LogP contribution in [0.15, 0.2) is 6.20 Å². The van der Waals surface area contributed by atoms with Crippen molar-refractivity contribution in [3.05, 3.63) is 22.7 Å². The molecule has 0 radical (unpaired) electrons. The molecule has 1 amide bonds. The lowest BCUT2D eigenvalue weighted by molar-refractivity contribution is 0.0945. The van der Waals surface area contributed by atoms with Crippen molar-refractivity contribution in [2.45, 2.75) is 39.7 Å². The highest BCUT2D eigenvalue weighted by Crippen LogP contribution is 2.16. The minimum Gasteiger partial charge on any atom is -0.349 e. The lowest BCUT2D eigenvalue weighted by Gasteiger charge is -2.13. The van der Waals surface area contributed by atoms with E-state index in [-0.39, 0.29) is 41.0 Å². The second-order valence-electron chi connectivity index (χ2n) is 4.75. The number of hydrogen-bond donors (Lipinski definition) is 2. The molecule has 0 spiro atoms. The summed E-state index contributed by atoms with van der Waals surface area (Å²) in [6.45, 7) is 9.36. The molecule has 0 unspecified atom stereocenters. The SMILES string of the molecule is CCN[C@H](C)CNC(=O)c1nc(C(C)C)ncc1Cl.Cl. The molecule has 1 aromatic heterocycles. The fraction of sp³-hybridized carbons (Fsp3) is 0.615. The number of likely N-dealkylation sites (N-methyl/N-ethyl adjacent to an activating group) is 1. The number of amides is 1. The molecule has 0 bridgehead atoms. The first-order valence-corrected chi connectivity index (χ1v) is 6.87. The minimum atomic E-state index is -0.265. The standard InChI is InChI=1S/C13H21ClN4O.ClH/c1-5-15-9(4)6-17-13(19)11-10(14)7-16-12(18-11)8(2)3;/h7-9,15H,5-6H2,1-4H3,(H,17,19);1H/t9-;/m1./s1. The molecule has 0 aromatic carbocycles. The minimum absolute atomic E-state index is 0. The summed E-state index contributed by atoms with van der Waals surface area (Å²) in [5, 5.41) is 6.31. The maximum atomic E-state index is 12.0. The summed E-state index contributed by atoms with van der Waals surface area (Å²) >= 11 is 5.97. The lowest BCUT2D eigenvalue weighted by atomic mass is 10.2. The summed E-state index contributed by atoms with van der Waals surface area (Å²) < 4.78 is 0. The third-order valence-corrected chi connectivity index (χ3v) is 2.89. The Kier molecular flexibility index (Phi) is 8.69. The van der Waals surface area contributed by atoms with Crippen molar-refractivity contribution in [1.29, 1.82) is 0 Å². The van der Waals surface area contributed by atoms with Crippen LogP contribution >= 0.6 is 24.0 Å². The molecule has 7 heteroatoms. The van der Waals surface area contributed by atoms with Gasteiger partial charge in [0.25, 0.3) is 5.91 Å². The molecule has 1 heterocycles. The summed E-state index contributed by atoms with van der Waals surface area (Å²) in [6, 6.07) is 0.208. The molecule has 0 aliphatic carbocycles. The van der Waals surface area contributed by atoms with E-state index in [2.05, 4.69) is 20.6 Å². The number of aromatic nitrogens is 2. The van der Waals surface area contributed by atoms with Gasteiger partial charge in [0.05, 0.1) is 11.2 Å². The van der Waals surface area contributed by atoms with Crippen molar-refractivity contribution in [3.63, 3.8) is 0 Å². The molecule has 1 rings (SSSR count). The average Bonchev–Trinajstić information content (AvgIpc) is 2.36. The number of nitrogens with one attached hydrogen (secondary N) is 2. The molecule has 0 aliphatic rings. The first kappa shape index (κ1) is 19.1. The molecule has 2 N–H and O–H groups in total. The van der Waals surface area contributed by atoms with E-state index in [1.54, 1.807) is 0 Å². The van der Waals surface area contributed by atoms with Crippen LogP contribution in [0, 0.1) is 0 Å². The maximum absolute atomic E-state index is 12.0. The van der Waals surface area contributed by atoms with Gasteiger partial charge >= 0.3 is 0 Å². The largest absolute Gasteiger partial charge is 0.349 e. The molecule has 114 valence electrons. The average molecular weight is 321 g/mol. The van der Waals surface area contributed by atoms with E-state index in [1.165, 1.54) is 6.20 Å². The third-order valence-electron chi connectivity index (χ3n) is 2.62. The molecule has 0 fully saturated rings. The predicted octanol–water partition coefficient (Wildman–Crippen LogP) is 2.40. The highest BCUT2D eigenvalue weighted by atomic mass is 35.5. The second kappa shape index (κ2) is 9.10. The molecule has 0 saturated heterocycles. The maximum Gasteiger partial charge on any atom is 0.271 e. The highest BCUT2D eigenvalue weighted by Gasteiger charge is 2.15. The Balaban J connectivity index is 0.00000361. The van der Waals surface area contributed by atoms with E-state index in [0.29, 0.717) is 12.4 Å². The van der Waals surface area contributed by atoms with Gasteiger partial charge in [0.15, 0.2) is 0 Å². The van der Waals surface area contributed by atoms with Gasteiger partial charge in [-0.25, -0.2) is 9.97 Å². The summed E-state index contributed by atoms with van der Waals surface area (Å²) in [7, 11) is 0. The number of carbonyl (C=O) groups is 1. The zero-order chi connectivity index (χ0) is 14.4. The molecular weight excluding hydrogens is 299 g/mol. The van der Waals surface area contributed by atoms with Crippen LogP contribution in [0.5, 0.6) is 0 Å². The van der Waals surface area contributed by atoms with Crippen LogP contribution in [-0.4, -0.2) is 35.0 Å². The smallest absolute Gasteiger partial charge is 0.271 e. The number of rotatable bonds is 6. The van der Waals surface area contributed by atoms with Gasteiger partial charge < -0.3 is 10.6 Å². The van der Waals surface area contributed by atoms with E-state index in [4.69, 9.17) is 11.6 Å². The normalized spacial score (nSPS) is 11.9. The van der Waals surface area contributed by atoms with Crippen LogP contribution in [0.2, 0.25) is 5.02 Å². The van der Waals surface area contributed by atoms with Gasteiger partial charge in [-0.05, 0) is 13.5 Å². The molecule has 20 heavy (non-hydrogen) atoms. The van der Waals surface area contributed by atoms with Gasteiger partial charge in [-0.2, -0.15) is 0 Å². The second-order valence-corrected chi connectivity index (χ2v) is 5.16. The van der Waals surface area contributed by atoms with Crippen LogP contribution in [0.1, 0.15) is 49.9 Å². The highest BCUT2D eigenvalue weighted by molar-refractivity contribution is 6.33. The van der Waals surface area contributed by atoms with Crippen LogP contribution < -0.4 is 10.6 Å². The Bertz CT molecular complexity index is 440. The van der Waals surface area contributed by atoms with Crippen LogP contribution in [0.3, 0.4) is 0 Å². The Morgan fingerprint density at radius 1 is 1.40 bits per heavy atom. The third kappa shape index (κ3) is 5.61. The van der Waals surface area contributed by atoms with Crippen LogP contribution in [0.4, 0.5) is 0 Å². The van der Waals surface area contributed by atoms with Crippen LogP contribution in [0.25, 0.3) is 0 Å². The predicted molar refractivity (Wildman–Crippen MR) is 83.9 cm³/mol. The summed E-state index contributed by atoms with van der Waals surface area (Å²) in [6.07, 6.45) is 1.48. The fourth-order valence-electron chi connectivity index (χ4n) is 1.57. The van der Waals surface area contributed by atoms with E-state index in [0.717, 1.165) is 6.54 Å². The topological polar surface area (TPSA) is 66.9 Å². The van der Waals surface area contributed by atoms with Crippen molar-refractivity contribution < 1.29 is 4.79 Å². The van der Waals surface area contributed by atoms with Crippen molar-refractivity contribution in [2.24, 2.45) is 0 Å². The molecule has 1 aromatic rings. The van der Waals surface area contributed by atoms with E-state index in [9.17, 15) is 4.79 Å². The van der Waals surface area contributed by atoms with Crippen LogP contribution in [-0.2, 0) is 0 Å². The summed E-state index contributed by atoms with van der Waals surface area (Å²) in [4.78, 5) is 20.4. The summed E-state index contributed by atoms with van der Waals surface area (Å²) in [5.41, 5.74) is 0.240. The van der Waals surface area contributed by atoms with Gasteiger partial charge in [-0.15, -0.1) is 12.4 Å². The lowest BCUT2D eigenvalue weighted by Crippen LogP contribution is -2.39. The molecule has 0 saturated carbocycles. The Labute approximate surface area is 131 Å². The molecule has 0 aliphatic heterocycles. The van der Waals surface area contributed by atoms with E-state index < -0.39 is 0 Å². The first-order chi connectivity index (χ1) is 8.95. The van der Waals surface area contributed by atoms with Crippen molar-refractivity contribution in [3.8, 4) is 0 Å². The zero-order valence-corrected chi connectivity index (χ0v) is 13.8. The van der Waals surface area contributed by atoms with Gasteiger partial charge in [-0.3, -0.25) is 4.79 Å². The van der Waals surface area contributed by atoms with Gasteiger partial charge in [0, 0.05) is 18.5 Å². The van der Waals surface area contributed by atoms with E-state index >= 15 is 0 Å². The first-order valence-electron chi connectivity index (χ1n) is 6.49. The van der Waals surface area contributed by atoms with Gasteiger partial charge in [0.2, 0.25) is 0 Å². The Hall–Kier alpha value is -0.910. The number of hydrogen-bond acceptors (Lipinski definition) is 4. The number of nitrogens with zero attached hydrogens (tertiary/aromatic N) is 2. The van der Waals surface area contributed by atoms with Gasteiger partial charge in [0.1, 0.15) is 11.5 Å². The fourth-order valence-corrected chi connectivity index (χ4v) is 1.75. The zero-order valence-electron chi connectivity index (χ0n) is 12.2. The van der Waals surface area contributed by atoms with Crippen molar-refractivity contribution in [2.75, 3.05) is 13.1 Å². The van der Waals surface area contributed by atoms with E-state index in [1.807, 2.05) is 27.7 Å². The molecular formula is C13H22Cl2N4O. The summed E-state index contributed by atoms with van der Waals surface area (Å²) in [5.74, 6) is 0.512. The Morgan fingerprint density at radius 2 is 2.05 bits per heavy atom. The van der Waals surface area contributed by atoms with Crippen molar-refractivity contribution in [1.82, 2.24) is 20.6 Å². The quantitative estimate of drug-likeness (QED) is 0.844. The molecule has 1 atom stereocenters.